The smallest absolute Gasteiger partial charge is 0.338 e. The standard InChI is InChI=1S/C66H101BrO14SSi2/c1-14-84(15-2,16-3)72-33-23-26-47-35-42(5)44(7)54(74-47)38-55-57(45(8)53(77-55)34-41(4)40-73-83(12,13)65(9,10)11)63(82(70,71)50-27-21-18-22-28-50)51(68)37-48-29-30-52-58(75-48)62-61-60(78-52)59-56(79-61)39-66(80-59,81-62)32-31-49(36-43(6)67)76-64(69)46-24-19-17-20-25-46/h17-22,24-25,27-28,41-42,45,47-49,51-63,68H,6-7,14-16,23,26,29-40H2,1-5,8-13H3/t41-,42+,45-,47-,48+,49+,51?,52-,53+,54+,55?,56?,57+,58?,59-,60-,61?,62-,63?,66-/m0/s1. The van der Waals surface area contributed by atoms with Crippen LogP contribution in [0.4, 0.5) is 0 Å². The van der Waals surface area contributed by atoms with Gasteiger partial charge in [-0.3, -0.25) is 0 Å². The Morgan fingerprint density at radius 1 is 0.833 bits per heavy atom. The number of esters is 1. The Morgan fingerprint density at radius 3 is 2.15 bits per heavy atom. The molecule has 8 heterocycles. The monoisotopic (exact) mass is 1280 g/mol. The van der Waals surface area contributed by atoms with Crippen LogP contribution in [0.25, 0.3) is 0 Å². The van der Waals surface area contributed by atoms with Gasteiger partial charge in [0.2, 0.25) is 0 Å². The maximum Gasteiger partial charge on any atom is 0.338 e. The lowest BCUT2D eigenvalue weighted by Crippen LogP contribution is -2.62. The van der Waals surface area contributed by atoms with Crippen molar-refractivity contribution >= 4 is 48.4 Å². The van der Waals surface area contributed by atoms with Gasteiger partial charge in [0, 0.05) is 51.2 Å². The number of halogens is 1. The van der Waals surface area contributed by atoms with Gasteiger partial charge in [-0.05, 0) is 133 Å². The van der Waals surface area contributed by atoms with Crippen LogP contribution in [-0.2, 0) is 56.6 Å². The van der Waals surface area contributed by atoms with E-state index in [-0.39, 0.29) is 76.8 Å². The van der Waals surface area contributed by atoms with Crippen molar-refractivity contribution in [1.82, 2.24) is 0 Å². The summed E-state index contributed by atoms with van der Waals surface area (Å²) in [5.74, 6) is -2.04. The number of hydrogen-bond donors (Lipinski definition) is 1. The summed E-state index contributed by atoms with van der Waals surface area (Å²) in [5.41, 5.74) is 1.46. The number of aliphatic hydroxyl groups is 1. The molecular weight excluding hydrogens is 1180 g/mol. The van der Waals surface area contributed by atoms with Crippen molar-refractivity contribution in [2.24, 2.45) is 23.7 Å². The van der Waals surface area contributed by atoms with Gasteiger partial charge in [-0.2, -0.15) is 0 Å². The van der Waals surface area contributed by atoms with Gasteiger partial charge in [0.05, 0.1) is 64.5 Å². The zero-order chi connectivity index (χ0) is 60.5. The molecule has 8 aliphatic heterocycles. The van der Waals surface area contributed by atoms with Crippen LogP contribution in [0, 0.1) is 23.7 Å². The largest absolute Gasteiger partial charge is 0.458 e. The third-order valence-electron chi connectivity index (χ3n) is 20.9. The van der Waals surface area contributed by atoms with Crippen LogP contribution in [-0.4, -0.2) is 146 Å². The van der Waals surface area contributed by atoms with Crippen molar-refractivity contribution in [1.29, 1.82) is 0 Å². The highest BCUT2D eigenvalue weighted by molar-refractivity contribution is 9.11. The fourth-order valence-corrected chi connectivity index (χ4v) is 21.1. The Bertz CT molecular complexity index is 2630. The molecule has 0 amide bonds. The van der Waals surface area contributed by atoms with Crippen molar-refractivity contribution in [2.75, 3.05) is 13.2 Å². The molecule has 20 atom stereocenters. The molecule has 6 unspecified atom stereocenters. The summed E-state index contributed by atoms with van der Waals surface area (Å²) in [6, 6.07) is 20.9. The summed E-state index contributed by atoms with van der Waals surface area (Å²) in [4.78, 5) is 13.5. The molecule has 0 radical (unpaired) electrons. The Labute approximate surface area is 513 Å². The number of carbonyl (C=O) groups is 1. The van der Waals surface area contributed by atoms with Gasteiger partial charge >= 0.3 is 5.97 Å². The van der Waals surface area contributed by atoms with E-state index in [0.29, 0.717) is 68.0 Å². The van der Waals surface area contributed by atoms with Crippen LogP contribution < -0.4 is 0 Å². The average Bonchev–Trinajstić information content (AvgIpc) is 1.59. The summed E-state index contributed by atoms with van der Waals surface area (Å²) >= 11 is 3.51. The fraction of sp³-hybridized carbons (Fsp3) is 0.742. The zero-order valence-corrected chi connectivity index (χ0v) is 56.6. The lowest BCUT2D eigenvalue weighted by molar-refractivity contribution is -0.293. The molecule has 8 aliphatic rings. The highest BCUT2D eigenvalue weighted by Gasteiger charge is 2.69. The summed E-state index contributed by atoms with van der Waals surface area (Å²) < 4.78 is 101. The first-order valence-corrected chi connectivity index (χ1v) is 39.7. The van der Waals surface area contributed by atoms with Gasteiger partial charge in [-0.15, -0.1) is 0 Å². The number of carbonyl (C=O) groups excluding carboxylic acids is 1. The van der Waals surface area contributed by atoms with E-state index in [4.69, 9.17) is 46.7 Å². The summed E-state index contributed by atoms with van der Waals surface area (Å²) in [5, 5.41) is 11.9. The van der Waals surface area contributed by atoms with Crippen molar-refractivity contribution in [3.05, 3.63) is 89.4 Å². The number of fused-ring (bicyclic) bond motifs is 1. The zero-order valence-electron chi connectivity index (χ0n) is 52.2. The minimum absolute atomic E-state index is 0.00666. The predicted octanol–water partition coefficient (Wildman–Crippen LogP) is 13.5. The fourth-order valence-electron chi connectivity index (χ4n) is 14.7. The molecule has 2 aromatic rings. The van der Waals surface area contributed by atoms with Crippen LogP contribution in [0.1, 0.15) is 150 Å². The molecule has 2 aromatic carbocycles. The first-order valence-electron chi connectivity index (χ1n) is 32.0. The molecule has 8 saturated heterocycles. The molecule has 10 rings (SSSR count). The highest BCUT2D eigenvalue weighted by atomic mass is 79.9. The maximum absolute atomic E-state index is 15.7. The lowest BCUT2D eigenvalue weighted by Gasteiger charge is -2.48. The number of ether oxygens (including phenoxy) is 8. The number of benzene rings is 2. The highest BCUT2D eigenvalue weighted by Crippen LogP contribution is 2.55. The van der Waals surface area contributed by atoms with Gasteiger partial charge in [0.15, 0.2) is 32.3 Å². The minimum Gasteiger partial charge on any atom is -0.458 e. The molecule has 8 fully saturated rings. The molecule has 0 saturated carbocycles. The normalized spacial score (nSPS) is 34.6. The van der Waals surface area contributed by atoms with Crippen molar-refractivity contribution in [3.63, 3.8) is 0 Å². The Kier molecular flexibility index (Phi) is 21.7. The van der Waals surface area contributed by atoms with Crippen LogP contribution in [0.3, 0.4) is 0 Å². The van der Waals surface area contributed by atoms with E-state index in [2.05, 4.69) is 104 Å². The summed E-state index contributed by atoms with van der Waals surface area (Å²) in [6.07, 6.45) is 0.160. The minimum atomic E-state index is -4.22. The van der Waals surface area contributed by atoms with E-state index in [1.807, 2.05) is 24.3 Å². The van der Waals surface area contributed by atoms with E-state index >= 15 is 8.42 Å². The van der Waals surface area contributed by atoms with Gasteiger partial charge < -0.3 is 51.9 Å². The van der Waals surface area contributed by atoms with Crippen molar-refractivity contribution < 1.29 is 65.1 Å². The molecule has 18 heteroatoms. The van der Waals surface area contributed by atoms with Gasteiger partial charge in [-0.25, -0.2) is 13.2 Å². The molecule has 0 spiro atoms. The van der Waals surface area contributed by atoms with Crippen LogP contribution in [0.15, 0.2) is 88.8 Å². The number of hydrogen-bond acceptors (Lipinski definition) is 14. The average molecular weight is 1290 g/mol. The third kappa shape index (κ3) is 14.7. The predicted molar refractivity (Wildman–Crippen MR) is 335 cm³/mol. The molecule has 470 valence electrons. The van der Waals surface area contributed by atoms with Gasteiger partial charge in [-0.1, -0.05) is 128 Å². The Morgan fingerprint density at radius 2 is 1.49 bits per heavy atom. The van der Waals surface area contributed by atoms with Crippen LogP contribution in [0.2, 0.25) is 36.3 Å². The number of sulfone groups is 1. The Hall–Kier alpha value is -2.15. The molecule has 6 bridgehead atoms. The van der Waals surface area contributed by atoms with Gasteiger partial charge in [0.1, 0.15) is 36.6 Å². The summed E-state index contributed by atoms with van der Waals surface area (Å²) in [6.45, 7) is 34.6. The Balaban J connectivity index is 0.960. The molecule has 0 aliphatic carbocycles. The van der Waals surface area contributed by atoms with Crippen LogP contribution >= 0.6 is 15.9 Å². The molecule has 14 nitrogen and oxygen atoms in total. The van der Waals surface area contributed by atoms with Crippen molar-refractivity contribution in [2.45, 2.75) is 277 Å². The molecule has 1 N–H and O–H groups in total. The van der Waals surface area contributed by atoms with Crippen LogP contribution in [0.5, 0.6) is 0 Å². The molecular formula is C66H101BrO14SSi2. The van der Waals surface area contributed by atoms with Crippen molar-refractivity contribution in [3.8, 4) is 0 Å². The lowest BCUT2D eigenvalue weighted by atomic mass is 9.78. The molecule has 84 heavy (non-hydrogen) atoms. The topological polar surface area (TPSA) is 164 Å². The second kappa shape index (κ2) is 27.5. The van der Waals surface area contributed by atoms with E-state index in [1.165, 1.54) is 0 Å². The van der Waals surface area contributed by atoms with E-state index < -0.39 is 92.1 Å². The second-order valence-corrected chi connectivity index (χ2v) is 40.4. The van der Waals surface area contributed by atoms with E-state index in [1.54, 1.807) is 36.4 Å². The van der Waals surface area contributed by atoms with E-state index in [0.717, 1.165) is 49.6 Å². The van der Waals surface area contributed by atoms with Gasteiger partial charge in [0.25, 0.3) is 0 Å². The first-order chi connectivity index (χ1) is 39.8. The quantitative estimate of drug-likeness (QED) is 0.0370. The molecule has 0 aromatic heterocycles. The first kappa shape index (κ1) is 66.3. The third-order valence-corrected chi connectivity index (χ3v) is 32.7. The SMILES string of the molecule is C=C(Br)C[C@@H](CC[C@@]12CC3OC4[C@@H](O1)C1O[C@@H](CC(O)C([C@H]5C(C[C@H]6O[C@@H](CCCO[Si](CC)(CC)CC)C[C@@H](C)C6=C)O[C@H](C[C@H](C)CO[Si](C)(C)C(C)(C)C)[C@@H]5C)S(=O)(=O)c5ccccc5)CC[C@@H]1O[C@H]4[C@H]3O2)OC(=O)c1ccccc1. The van der Waals surface area contributed by atoms with E-state index in [9.17, 15) is 9.90 Å². The maximum atomic E-state index is 15.7. The second-order valence-electron chi connectivity index (χ2n) is 27.6. The number of rotatable bonds is 28. The summed E-state index contributed by atoms with van der Waals surface area (Å²) in [7, 11) is -8.01. The number of aliphatic hydroxyl groups excluding tert-OH is 1.